The number of benzene rings is 1. The Bertz CT molecular complexity index is 349. The molecule has 0 saturated heterocycles. The molecule has 0 aliphatic heterocycles. The molecule has 4 nitrogen and oxygen atoms in total. The van der Waals surface area contributed by atoms with Crippen LogP contribution < -0.4 is 14.2 Å². The molecule has 0 bridgehead atoms. The summed E-state index contributed by atoms with van der Waals surface area (Å²) in [6.07, 6.45) is 0.0565. The summed E-state index contributed by atoms with van der Waals surface area (Å²) in [5.74, 6) is 1.78. The van der Waals surface area contributed by atoms with E-state index in [1.165, 1.54) is 0 Å². The Morgan fingerprint density at radius 3 is 1.94 bits per heavy atom. The summed E-state index contributed by atoms with van der Waals surface area (Å²) >= 11 is 0. The van der Waals surface area contributed by atoms with E-state index in [9.17, 15) is 5.11 Å². The van der Waals surface area contributed by atoms with E-state index in [1.807, 2.05) is 6.92 Å². The molecule has 1 aromatic carbocycles. The molecule has 0 aromatic heterocycles. The number of aliphatic hydroxyl groups excluding tert-OH is 1. The van der Waals surface area contributed by atoms with Gasteiger partial charge in [-0.25, -0.2) is 0 Å². The number of ether oxygens (including phenoxy) is 3. The van der Waals surface area contributed by atoms with Gasteiger partial charge in [-0.2, -0.15) is 0 Å². The first kappa shape index (κ1) is 12.6. The van der Waals surface area contributed by atoms with Crippen molar-refractivity contribution in [2.24, 2.45) is 0 Å². The standard InChI is InChI=1S/C12H18O4/c1-5-9(13)8-6-11(15-3)12(16-4)7-10(8)14-2/h6-7,9,13H,5H2,1-4H3/t9-/m1/s1. The fourth-order valence-electron chi connectivity index (χ4n) is 1.53. The molecule has 0 amide bonds. The smallest absolute Gasteiger partial charge is 0.164 e. The SMILES string of the molecule is CC[C@@H](O)c1cc(OC)c(OC)cc1OC. The Labute approximate surface area is 95.8 Å². The van der Waals surface area contributed by atoms with Crippen molar-refractivity contribution >= 4 is 0 Å². The van der Waals surface area contributed by atoms with Gasteiger partial charge < -0.3 is 19.3 Å². The largest absolute Gasteiger partial charge is 0.496 e. The van der Waals surface area contributed by atoms with E-state index in [4.69, 9.17) is 14.2 Å². The first-order chi connectivity index (χ1) is 7.67. The van der Waals surface area contributed by atoms with Crippen molar-refractivity contribution in [1.82, 2.24) is 0 Å². The van der Waals surface area contributed by atoms with Crippen LogP contribution in [-0.2, 0) is 0 Å². The van der Waals surface area contributed by atoms with E-state index < -0.39 is 6.10 Å². The monoisotopic (exact) mass is 226 g/mol. The van der Waals surface area contributed by atoms with Gasteiger partial charge in [-0.15, -0.1) is 0 Å². The lowest BCUT2D eigenvalue weighted by Gasteiger charge is -2.16. The highest BCUT2D eigenvalue weighted by Gasteiger charge is 2.16. The van der Waals surface area contributed by atoms with Gasteiger partial charge >= 0.3 is 0 Å². The third-order valence-electron chi connectivity index (χ3n) is 2.48. The van der Waals surface area contributed by atoms with Gasteiger partial charge in [0.15, 0.2) is 11.5 Å². The number of methoxy groups -OCH3 is 3. The van der Waals surface area contributed by atoms with Crippen LogP contribution in [0.3, 0.4) is 0 Å². The van der Waals surface area contributed by atoms with Crippen LogP contribution in [0.4, 0.5) is 0 Å². The molecule has 0 unspecified atom stereocenters. The summed E-state index contributed by atoms with van der Waals surface area (Å²) in [7, 11) is 4.69. The molecular formula is C12H18O4. The van der Waals surface area contributed by atoms with Crippen LogP contribution in [0.15, 0.2) is 12.1 Å². The van der Waals surface area contributed by atoms with Crippen molar-refractivity contribution in [1.29, 1.82) is 0 Å². The lowest BCUT2D eigenvalue weighted by atomic mass is 10.1. The number of rotatable bonds is 5. The van der Waals surface area contributed by atoms with E-state index in [2.05, 4.69) is 0 Å². The van der Waals surface area contributed by atoms with E-state index in [0.717, 1.165) is 0 Å². The quantitative estimate of drug-likeness (QED) is 0.835. The molecule has 4 heteroatoms. The maximum absolute atomic E-state index is 9.85. The number of aliphatic hydroxyl groups is 1. The van der Waals surface area contributed by atoms with Crippen LogP contribution in [0.2, 0.25) is 0 Å². The third kappa shape index (κ3) is 2.39. The van der Waals surface area contributed by atoms with Crippen LogP contribution in [0, 0.1) is 0 Å². The summed E-state index contributed by atoms with van der Waals surface area (Å²) in [5, 5.41) is 9.85. The predicted octanol–water partition coefficient (Wildman–Crippen LogP) is 2.16. The zero-order chi connectivity index (χ0) is 12.1. The minimum atomic E-state index is -0.560. The van der Waals surface area contributed by atoms with E-state index in [1.54, 1.807) is 33.5 Å². The lowest BCUT2D eigenvalue weighted by molar-refractivity contribution is 0.168. The van der Waals surface area contributed by atoms with Crippen LogP contribution in [0.5, 0.6) is 17.2 Å². The average Bonchev–Trinajstić information content (AvgIpc) is 2.35. The van der Waals surface area contributed by atoms with E-state index in [0.29, 0.717) is 29.2 Å². The topological polar surface area (TPSA) is 47.9 Å². The molecule has 0 fully saturated rings. The Kier molecular flexibility index (Phi) is 4.43. The summed E-state index contributed by atoms with van der Waals surface area (Å²) < 4.78 is 15.6. The summed E-state index contributed by atoms with van der Waals surface area (Å²) in [5.41, 5.74) is 0.711. The Balaban J connectivity index is 3.25. The van der Waals surface area contributed by atoms with Crippen molar-refractivity contribution < 1.29 is 19.3 Å². The second-order valence-electron chi connectivity index (χ2n) is 3.37. The van der Waals surface area contributed by atoms with Gasteiger partial charge in [-0.05, 0) is 12.5 Å². The Morgan fingerprint density at radius 2 is 1.50 bits per heavy atom. The highest BCUT2D eigenvalue weighted by atomic mass is 16.5. The molecule has 90 valence electrons. The Morgan fingerprint density at radius 1 is 1.00 bits per heavy atom. The zero-order valence-electron chi connectivity index (χ0n) is 10.1. The molecule has 0 aliphatic rings. The molecule has 1 N–H and O–H groups in total. The highest BCUT2D eigenvalue weighted by Crippen LogP contribution is 2.38. The lowest BCUT2D eigenvalue weighted by Crippen LogP contribution is -2.01. The van der Waals surface area contributed by atoms with Crippen LogP contribution in [-0.4, -0.2) is 26.4 Å². The van der Waals surface area contributed by atoms with Crippen molar-refractivity contribution in [3.8, 4) is 17.2 Å². The second kappa shape index (κ2) is 5.61. The van der Waals surface area contributed by atoms with Crippen LogP contribution >= 0.6 is 0 Å². The van der Waals surface area contributed by atoms with Crippen molar-refractivity contribution in [2.75, 3.05) is 21.3 Å². The van der Waals surface area contributed by atoms with Crippen LogP contribution in [0.25, 0.3) is 0 Å². The summed E-state index contributed by atoms with van der Waals surface area (Å²) in [4.78, 5) is 0. The molecule has 0 radical (unpaired) electrons. The molecular weight excluding hydrogens is 208 g/mol. The maximum atomic E-state index is 9.85. The fraction of sp³-hybridized carbons (Fsp3) is 0.500. The van der Waals surface area contributed by atoms with Gasteiger partial charge in [0, 0.05) is 11.6 Å². The molecule has 1 rings (SSSR count). The van der Waals surface area contributed by atoms with E-state index in [-0.39, 0.29) is 0 Å². The maximum Gasteiger partial charge on any atom is 0.164 e. The number of hydrogen-bond acceptors (Lipinski definition) is 4. The molecule has 0 heterocycles. The average molecular weight is 226 g/mol. The second-order valence-corrected chi connectivity index (χ2v) is 3.37. The van der Waals surface area contributed by atoms with Crippen molar-refractivity contribution in [3.05, 3.63) is 17.7 Å². The molecule has 16 heavy (non-hydrogen) atoms. The zero-order valence-corrected chi connectivity index (χ0v) is 10.1. The van der Waals surface area contributed by atoms with Gasteiger partial charge in [-0.1, -0.05) is 6.92 Å². The summed E-state index contributed by atoms with van der Waals surface area (Å²) in [6, 6.07) is 3.46. The summed E-state index contributed by atoms with van der Waals surface area (Å²) in [6.45, 7) is 1.90. The van der Waals surface area contributed by atoms with Crippen LogP contribution in [0.1, 0.15) is 25.0 Å². The van der Waals surface area contributed by atoms with Crippen molar-refractivity contribution in [3.63, 3.8) is 0 Å². The van der Waals surface area contributed by atoms with Crippen molar-refractivity contribution in [2.45, 2.75) is 19.4 Å². The number of hydrogen-bond donors (Lipinski definition) is 1. The van der Waals surface area contributed by atoms with Gasteiger partial charge in [0.05, 0.1) is 27.4 Å². The Hall–Kier alpha value is -1.42. The van der Waals surface area contributed by atoms with Gasteiger partial charge in [0.2, 0.25) is 0 Å². The van der Waals surface area contributed by atoms with Gasteiger partial charge in [-0.3, -0.25) is 0 Å². The van der Waals surface area contributed by atoms with E-state index >= 15 is 0 Å². The minimum Gasteiger partial charge on any atom is -0.496 e. The first-order valence-corrected chi connectivity index (χ1v) is 5.15. The fourth-order valence-corrected chi connectivity index (χ4v) is 1.53. The molecule has 1 atom stereocenters. The van der Waals surface area contributed by atoms with Gasteiger partial charge in [0.25, 0.3) is 0 Å². The minimum absolute atomic E-state index is 0.560. The normalized spacial score (nSPS) is 12.1. The first-order valence-electron chi connectivity index (χ1n) is 5.15. The van der Waals surface area contributed by atoms with Gasteiger partial charge in [0.1, 0.15) is 5.75 Å². The third-order valence-corrected chi connectivity index (χ3v) is 2.48. The molecule has 1 aromatic rings. The molecule has 0 spiro atoms. The molecule has 0 aliphatic carbocycles. The predicted molar refractivity (Wildman–Crippen MR) is 61.3 cm³/mol. The highest BCUT2D eigenvalue weighted by molar-refractivity contribution is 5.51. The molecule has 0 saturated carbocycles.